The standard InChI is InChI=1S/C16H25N3O/c1-11(2)18-10-14-5-6-15(9-12(14)3)19-8-7-17-16(20)13(19)4/h5-6,9,11,13,18H,7-8,10H2,1-4H3,(H,17,20). The lowest BCUT2D eigenvalue weighted by Gasteiger charge is -2.35. The van der Waals surface area contributed by atoms with Gasteiger partial charge < -0.3 is 15.5 Å². The average Bonchev–Trinajstić information content (AvgIpc) is 2.40. The molecule has 1 fully saturated rings. The van der Waals surface area contributed by atoms with Crippen molar-refractivity contribution >= 4 is 11.6 Å². The van der Waals surface area contributed by atoms with Gasteiger partial charge in [0.05, 0.1) is 0 Å². The van der Waals surface area contributed by atoms with Gasteiger partial charge in [-0.2, -0.15) is 0 Å². The van der Waals surface area contributed by atoms with Gasteiger partial charge in [0.25, 0.3) is 0 Å². The van der Waals surface area contributed by atoms with E-state index in [0.717, 1.165) is 25.3 Å². The largest absolute Gasteiger partial charge is 0.358 e. The summed E-state index contributed by atoms with van der Waals surface area (Å²) in [4.78, 5) is 13.9. The predicted molar refractivity (Wildman–Crippen MR) is 83.0 cm³/mol. The fraction of sp³-hybridized carbons (Fsp3) is 0.562. The summed E-state index contributed by atoms with van der Waals surface area (Å²) in [5.74, 6) is 0.111. The Kier molecular flexibility index (Phi) is 4.65. The van der Waals surface area contributed by atoms with E-state index in [1.54, 1.807) is 0 Å². The van der Waals surface area contributed by atoms with E-state index in [2.05, 4.69) is 54.5 Å². The van der Waals surface area contributed by atoms with Crippen molar-refractivity contribution in [3.63, 3.8) is 0 Å². The average molecular weight is 275 g/mol. The van der Waals surface area contributed by atoms with Gasteiger partial charge in [-0.25, -0.2) is 0 Å². The quantitative estimate of drug-likeness (QED) is 0.881. The van der Waals surface area contributed by atoms with Crippen molar-refractivity contribution in [2.75, 3.05) is 18.0 Å². The lowest BCUT2D eigenvalue weighted by Crippen LogP contribution is -2.54. The zero-order valence-corrected chi connectivity index (χ0v) is 12.9. The third-order valence-electron chi connectivity index (χ3n) is 3.86. The maximum absolute atomic E-state index is 11.7. The molecular weight excluding hydrogens is 250 g/mol. The molecule has 1 saturated heterocycles. The molecule has 0 aliphatic carbocycles. The van der Waals surface area contributed by atoms with Crippen molar-refractivity contribution in [1.82, 2.24) is 10.6 Å². The van der Waals surface area contributed by atoms with Crippen LogP contribution >= 0.6 is 0 Å². The highest BCUT2D eigenvalue weighted by Crippen LogP contribution is 2.22. The van der Waals surface area contributed by atoms with Crippen LogP contribution in [-0.4, -0.2) is 31.1 Å². The van der Waals surface area contributed by atoms with Crippen molar-refractivity contribution in [1.29, 1.82) is 0 Å². The van der Waals surface area contributed by atoms with Crippen LogP contribution in [0.25, 0.3) is 0 Å². The molecule has 2 rings (SSSR count). The third-order valence-corrected chi connectivity index (χ3v) is 3.86. The normalized spacial score (nSPS) is 19.4. The number of nitrogens with one attached hydrogen (secondary N) is 2. The molecule has 0 spiro atoms. The first-order valence-corrected chi connectivity index (χ1v) is 7.36. The van der Waals surface area contributed by atoms with Gasteiger partial charge >= 0.3 is 0 Å². The van der Waals surface area contributed by atoms with Gasteiger partial charge in [0, 0.05) is 31.4 Å². The highest BCUT2D eigenvalue weighted by atomic mass is 16.2. The topological polar surface area (TPSA) is 44.4 Å². The Morgan fingerprint density at radius 1 is 1.45 bits per heavy atom. The third kappa shape index (κ3) is 3.31. The van der Waals surface area contributed by atoms with E-state index < -0.39 is 0 Å². The SMILES string of the molecule is Cc1cc(N2CCNC(=O)C2C)ccc1CNC(C)C. The number of carbonyl (C=O) groups excluding carboxylic acids is 1. The molecule has 1 aliphatic rings. The zero-order valence-electron chi connectivity index (χ0n) is 12.9. The molecule has 1 atom stereocenters. The first-order chi connectivity index (χ1) is 9.49. The molecule has 1 unspecified atom stereocenters. The number of piperazine rings is 1. The monoisotopic (exact) mass is 275 g/mol. The van der Waals surface area contributed by atoms with E-state index in [4.69, 9.17) is 0 Å². The van der Waals surface area contributed by atoms with Crippen LogP contribution in [0.1, 0.15) is 31.9 Å². The van der Waals surface area contributed by atoms with Crippen molar-refractivity contribution in [3.05, 3.63) is 29.3 Å². The lowest BCUT2D eigenvalue weighted by molar-refractivity contribution is -0.122. The summed E-state index contributed by atoms with van der Waals surface area (Å²) >= 11 is 0. The summed E-state index contributed by atoms with van der Waals surface area (Å²) in [6, 6.07) is 6.87. The summed E-state index contributed by atoms with van der Waals surface area (Å²) in [6.07, 6.45) is 0. The van der Waals surface area contributed by atoms with Gasteiger partial charge in [-0.15, -0.1) is 0 Å². The van der Waals surface area contributed by atoms with E-state index in [1.165, 1.54) is 11.1 Å². The first-order valence-electron chi connectivity index (χ1n) is 7.36. The van der Waals surface area contributed by atoms with E-state index in [-0.39, 0.29) is 11.9 Å². The second-order valence-electron chi connectivity index (χ2n) is 5.81. The fourth-order valence-corrected chi connectivity index (χ4v) is 2.51. The van der Waals surface area contributed by atoms with Gasteiger partial charge in [-0.1, -0.05) is 19.9 Å². The van der Waals surface area contributed by atoms with E-state index in [0.29, 0.717) is 6.04 Å². The summed E-state index contributed by atoms with van der Waals surface area (Å²) < 4.78 is 0. The molecule has 0 bridgehead atoms. The molecule has 110 valence electrons. The first kappa shape index (κ1) is 14.9. The lowest BCUT2D eigenvalue weighted by atomic mass is 10.1. The molecule has 1 aromatic carbocycles. The molecular formula is C16H25N3O. The molecule has 1 heterocycles. The smallest absolute Gasteiger partial charge is 0.242 e. The molecule has 0 radical (unpaired) electrons. The van der Waals surface area contributed by atoms with Crippen LogP contribution in [0.4, 0.5) is 5.69 Å². The van der Waals surface area contributed by atoms with E-state index in [9.17, 15) is 4.79 Å². The van der Waals surface area contributed by atoms with Crippen LogP contribution in [0.15, 0.2) is 18.2 Å². The zero-order chi connectivity index (χ0) is 14.7. The van der Waals surface area contributed by atoms with Crippen LogP contribution in [0.2, 0.25) is 0 Å². The molecule has 2 N–H and O–H groups in total. The van der Waals surface area contributed by atoms with Crippen molar-refractivity contribution in [2.45, 2.75) is 46.3 Å². The van der Waals surface area contributed by atoms with Crippen LogP contribution < -0.4 is 15.5 Å². The molecule has 1 aromatic rings. The predicted octanol–water partition coefficient (Wildman–Crippen LogP) is 1.82. The van der Waals surface area contributed by atoms with Crippen molar-refractivity contribution < 1.29 is 4.79 Å². The highest BCUT2D eigenvalue weighted by molar-refractivity contribution is 5.86. The highest BCUT2D eigenvalue weighted by Gasteiger charge is 2.25. The van der Waals surface area contributed by atoms with Crippen LogP contribution in [0, 0.1) is 6.92 Å². The Balaban J connectivity index is 2.14. The summed E-state index contributed by atoms with van der Waals surface area (Å²) in [5.41, 5.74) is 3.73. The fourth-order valence-electron chi connectivity index (χ4n) is 2.51. The van der Waals surface area contributed by atoms with Gasteiger partial charge in [0.2, 0.25) is 5.91 Å². The molecule has 4 nitrogen and oxygen atoms in total. The molecule has 20 heavy (non-hydrogen) atoms. The van der Waals surface area contributed by atoms with Crippen LogP contribution in [-0.2, 0) is 11.3 Å². The number of benzene rings is 1. The maximum Gasteiger partial charge on any atom is 0.242 e. The number of carbonyl (C=O) groups is 1. The molecule has 4 heteroatoms. The van der Waals surface area contributed by atoms with Crippen LogP contribution in [0.3, 0.4) is 0 Å². The Morgan fingerprint density at radius 2 is 2.20 bits per heavy atom. The van der Waals surface area contributed by atoms with E-state index in [1.807, 2.05) is 6.92 Å². The van der Waals surface area contributed by atoms with Crippen molar-refractivity contribution in [2.24, 2.45) is 0 Å². The van der Waals surface area contributed by atoms with Gasteiger partial charge in [0.15, 0.2) is 0 Å². The number of aryl methyl sites for hydroxylation is 1. The Hall–Kier alpha value is -1.55. The van der Waals surface area contributed by atoms with Gasteiger partial charge in [-0.3, -0.25) is 4.79 Å². The molecule has 1 amide bonds. The minimum atomic E-state index is -0.0946. The summed E-state index contributed by atoms with van der Waals surface area (Å²) in [6.45, 7) is 10.9. The number of anilines is 1. The van der Waals surface area contributed by atoms with Gasteiger partial charge in [0.1, 0.15) is 6.04 Å². The molecule has 1 aliphatic heterocycles. The molecule has 0 saturated carbocycles. The number of hydrogen-bond acceptors (Lipinski definition) is 3. The Labute approximate surface area is 121 Å². The summed E-state index contributed by atoms with van der Waals surface area (Å²) in [7, 11) is 0. The number of amides is 1. The Morgan fingerprint density at radius 3 is 2.85 bits per heavy atom. The number of nitrogens with zero attached hydrogens (tertiary/aromatic N) is 1. The van der Waals surface area contributed by atoms with Crippen molar-refractivity contribution in [3.8, 4) is 0 Å². The minimum Gasteiger partial charge on any atom is -0.358 e. The summed E-state index contributed by atoms with van der Waals surface area (Å²) in [5, 5.41) is 6.34. The second kappa shape index (κ2) is 6.27. The number of hydrogen-bond donors (Lipinski definition) is 2. The second-order valence-corrected chi connectivity index (χ2v) is 5.81. The van der Waals surface area contributed by atoms with Crippen LogP contribution in [0.5, 0.6) is 0 Å². The van der Waals surface area contributed by atoms with Gasteiger partial charge in [-0.05, 0) is 37.1 Å². The molecule has 0 aromatic heterocycles. The maximum atomic E-state index is 11.7. The minimum absolute atomic E-state index is 0.0946. The number of rotatable bonds is 4. The van der Waals surface area contributed by atoms with E-state index >= 15 is 0 Å². The Bertz CT molecular complexity index is 485.